The normalized spacial score (nSPS) is 13.4. The number of halogens is 2. The van der Waals surface area contributed by atoms with E-state index in [0.717, 1.165) is 41.0 Å². The van der Waals surface area contributed by atoms with Crippen molar-refractivity contribution in [2.45, 2.75) is 12.8 Å². The molecule has 1 N–H and O–H groups in total. The highest BCUT2D eigenvalue weighted by Crippen LogP contribution is 2.32. The minimum atomic E-state index is 0.633. The first kappa shape index (κ1) is 16.6. The largest absolute Gasteiger partial charge is 0.497 e. The second-order valence-electron chi connectivity index (χ2n) is 5.30. The number of anilines is 2. The van der Waals surface area contributed by atoms with Crippen LogP contribution in [-0.2, 0) is 6.42 Å². The zero-order valence-corrected chi connectivity index (χ0v) is 15.8. The summed E-state index contributed by atoms with van der Waals surface area (Å²) in [5, 5.41) is 4.54. The molecule has 23 heavy (non-hydrogen) atoms. The lowest BCUT2D eigenvalue weighted by Gasteiger charge is -2.32. The molecule has 1 aliphatic rings. The van der Waals surface area contributed by atoms with Crippen LogP contribution in [0.3, 0.4) is 0 Å². The van der Waals surface area contributed by atoms with E-state index in [1.807, 2.05) is 24.3 Å². The van der Waals surface area contributed by atoms with Crippen molar-refractivity contribution in [3.05, 3.63) is 51.5 Å². The van der Waals surface area contributed by atoms with Gasteiger partial charge in [0.1, 0.15) is 5.75 Å². The highest BCUT2D eigenvalue weighted by atomic mass is 79.9. The van der Waals surface area contributed by atoms with E-state index in [-0.39, 0.29) is 0 Å². The quantitative estimate of drug-likeness (QED) is 0.681. The number of benzene rings is 2. The SMILES string of the molecule is COc1ccc2c(c1)CCCN2C(=S)Nc1ccc(Br)cc1Cl. The minimum absolute atomic E-state index is 0.633. The Balaban J connectivity index is 1.84. The van der Waals surface area contributed by atoms with Gasteiger partial charge in [0.25, 0.3) is 0 Å². The van der Waals surface area contributed by atoms with Gasteiger partial charge in [-0.3, -0.25) is 0 Å². The number of hydrogen-bond acceptors (Lipinski definition) is 2. The van der Waals surface area contributed by atoms with Gasteiger partial charge in [0.2, 0.25) is 0 Å². The van der Waals surface area contributed by atoms with Gasteiger partial charge in [0.15, 0.2) is 5.11 Å². The second-order valence-corrected chi connectivity index (χ2v) is 7.01. The fourth-order valence-electron chi connectivity index (χ4n) is 2.68. The Hall–Kier alpha value is -1.30. The van der Waals surface area contributed by atoms with Gasteiger partial charge < -0.3 is 15.0 Å². The molecule has 1 aliphatic heterocycles. The molecule has 0 fully saturated rings. The summed E-state index contributed by atoms with van der Waals surface area (Å²) in [5.41, 5.74) is 3.19. The second kappa shape index (κ2) is 7.07. The van der Waals surface area contributed by atoms with Gasteiger partial charge in [-0.05, 0) is 67.0 Å². The molecule has 0 spiro atoms. The topological polar surface area (TPSA) is 24.5 Å². The summed E-state index contributed by atoms with van der Waals surface area (Å²) >= 11 is 15.3. The van der Waals surface area contributed by atoms with Crippen LogP contribution in [0.2, 0.25) is 5.02 Å². The summed E-state index contributed by atoms with van der Waals surface area (Å²) in [6, 6.07) is 11.8. The van der Waals surface area contributed by atoms with Crippen LogP contribution in [0, 0.1) is 0 Å². The fourth-order valence-corrected chi connectivity index (χ4v) is 3.71. The summed E-state index contributed by atoms with van der Waals surface area (Å²) in [6.45, 7) is 0.888. The lowest BCUT2D eigenvalue weighted by molar-refractivity contribution is 0.414. The molecule has 0 saturated heterocycles. The summed E-state index contributed by atoms with van der Waals surface area (Å²) in [7, 11) is 1.68. The van der Waals surface area contributed by atoms with Crippen LogP contribution in [0.15, 0.2) is 40.9 Å². The molecular weight excluding hydrogens is 396 g/mol. The number of hydrogen-bond donors (Lipinski definition) is 1. The number of aryl methyl sites for hydroxylation is 1. The lowest BCUT2D eigenvalue weighted by atomic mass is 10.0. The Morgan fingerprint density at radius 2 is 2.13 bits per heavy atom. The van der Waals surface area contributed by atoms with Crippen molar-refractivity contribution in [1.29, 1.82) is 0 Å². The standard InChI is InChI=1S/C17H16BrClN2OS/c1-22-13-5-7-16-11(9-13)3-2-8-21(16)17(23)20-15-6-4-12(18)10-14(15)19/h4-7,9-10H,2-3,8H2,1H3,(H,20,23). The zero-order valence-electron chi connectivity index (χ0n) is 12.6. The van der Waals surface area contributed by atoms with Crippen LogP contribution in [0.5, 0.6) is 5.75 Å². The summed E-state index contributed by atoms with van der Waals surface area (Å²) < 4.78 is 6.25. The third-order valence-electron chi connectivity index (χ3n) is 3.82. The van der Waals surface area contributed by atoms with Crippen molar-refractivity contribution in [2.75, 3.05) is 23.9 Å². The molecule has 2 aromatic rings. The molecule has 0 aromatic heterocycles. The van der Waals surface area contributed by atoms with Crippen molar-refractivity contribution in [1.82, 2.24) is 0 Å². The number of nitrogens with one attached hydrogen (secondary N) is 1. The van der Waals surface area contributed by atoms with Crippen molar-refractivity contribution < 1.29 is 4.74 Å². The molecule has 6 heteroatoms. The van der Waals surface area contributed by atoms with Crippen LogP contribution in [-0.4, -0.2) is 18.8 Å². The van der Waals surface area contributed by atoms with Crippen LogP contribution in [0.25, 0.3) is 0 Å². The zero-order chi connectivity index (χ0) is 16.4. The Bertz CT molecular complexity index is 753. The van der Waals surface area contributed by atoms with Gasteiger partial charge >= 0.3 is 0 Å². The smallest absolute Gasteiger partial charge is 0.177 e. The van der Waals surface area contributed by atoms with E-state index in [4.69, 9.17) is 28.6 Å². The Kier molecular flexibility index (Phi) is 5.09. The minimum Gasteiger partial charge on any atom is -0.497 e. The highest BCUT2D eigenvalue weighted by molar-refractivity contribution is 9.10. The third-order valence-corrected chi connectivity index (χ3v) is 4.95. The van der Waals surface area contributed by atoms with Crippen molar-refractivity contribution in [3.8, 4) is 5.75 Å². The Labute approximate surface area is 154 Å². The number of fused-ring (bicyclic) bond motifs is 1. The molecule has 0 atom stereocenters. The number of ether oxygens (including phenoxy) is 1. The lowest BCUT2D eigenvalue weighted by Crippen LogP contribution is -2.38. The summed E-state index contributed by atoms with van der Waals surface area (Å²) in [4.78, 5) is 2.12. The molecule has 3 nitrogen and oxygen atoms in total. The van der Waals surface area contributed by atoms with E-state index in [1.165, 1.54) is 5.56 Å². The summed E-state index contributed by atoms with van der Waals surface area (Å²) in [5.74, 6) is 0.875. The van der Waals surface area contributed by atoms with E-state index in [9.17, 15) is 0 Å². The Morgan fingerprint density at radius 1 is 1.30 bits per heavy atom. The maximum Gasteiger partial charge on any atom is 0.177 e. The molecule has 120 valence electrons. The maximum absolute atomic E-state index is 6.27. The first-order chi connectivity index (χ1) is 11.1. The van der Waals surface area contributed by atoms with Gasteiger partial charge in [-0.1, -0.05) is 27.5 Å². The van der Waals surface area contributed by atoms with E-state index >= 15 is 0 Å². The van der Waals surface area contributed by atoms with Gasteiger partial charge in [0.05, 0.1) is 17.8 Å². The average molecular weight is 412 g/mol. The number of nitrogens with zero attached hydrogens (tertiary/aromatic N) is 1. The van der Waals surface area contributed by atoms with E-state index in [2.05, 4.69) is 38.3 Å². The number of thiocarbonyl (C=S) groups is 1. The predicted octanol–water partition coefficient (Wildman–Crippen LogP) is 5.26. The van der Waals surface area contributed by atoms with E-state index < -0.39 is 0 Å². The van der Waals surface area contributed by atoms with Gasteiger partial charge in [0, 0.05) is 16.7 Å². The molecule has 0 amide bonds. The number of methoxy groups -OCH3 is 1. The van der Waals surface area contributed by atoms with E-state index in [1.54, 1.807) is 7.11 Å². The maximum atomic E-state index is 6.27. The van der Waals surface area contributed by atoms with Gasteiger partial charge in [-0.25, -0.2) is 0 Å². The predicted molar refractivity (Wildman–Crippen MR) is 104 cm³/mol. The summed E-state index contributed by atoms with van der Waals surface area (Å²) in [6.07, 6.45) is 2.08. The first-order valence-electron chi connectivity index (χ1n) is 7.29. The van der Waals surface area contributed by atoms with E-state index in [0.29, 0.717) is 10.1 Å². The molecule has 0 bridgehead atoms. The molecule has 0 aliphatic carbocycles. The van der Waals surface area contributed by atoms with Crippen molar-refractivity contribution >= 4 is 56.2 Å². The molecule has 0 saturated carbocycles. The van der Waals surface area contributed by atoms with Crippen molar-refractivity contribution in [3.63, 3.8) is 0 Å². The third kappa shape index (κ3) is 3.62. The molecule has 0 radical (unpaired) electrons. The van der Waals surface area contributed by atoms with Crippen molar-refractivity contribution in [2.24, 2.45) is 0 Å². The first-order valence-corrected chi connectivity index (χ1v) is 8.87. The molecule has 1 heterocycles. The highest BCUT2D eigenvalue weighted by Gasteiger charge is 2.21. The van der Waals surface area contributed by atoms with Crippen LogP contribution in [0.4, 0.5) is 11.4 Å². The van der Waals surface area contributed by atoms with Crippen LogP contribution in [0.1, 0.15) is 12.0 Å². The molecular formula is C17H16BrClN2OS. The monoisotopic (exact) mass is 410 g/mol. The average Bonchev–Trinajstić information content (AvgIpc) is 2.56. The van der Waals surface area contributed by atoms with Gasteiger partial charge in [-0.15, -0.1) is 0 Å². The molecule has 3 rings (SSSR count). The fraction of sp³-hybridized carbons (Fsp3) is 0.235. The van der Waals surface area contributed by atoms with Crippen LogP contribution < -0.4 is 15.0 Å². The van der Waals surface area contributed by atoms with Crippen LogP contribution >= 0.6 is 39.7 Å². The number of rotatable bonds is 2. The van der Waals surface area contributed by atoms with Gasteiger partial charge in [-0.2, -0.15) is 0 Å². The molecule has 0 unspecified atom stereocenters. The molecule has 2 aromatic carbocycles. The Morgan fingerprint density at radius 3 is 2.87 bits per heavy atom.